The number of aromatic nitrogens is 4. The zero-order valence-corrected chi connectivity index (χ0v) is 29.8. The van der Waals surface area contributed by atoms with Gasteiger partial charge in [0.2, 0.25) is 0 Å². The van der Waals surface area contributed by atoms with Gasteiger partial charge in [0.05, 0.1) is 23.0 Å². The van der Waals surface area contributed by atoms with Gasteiger partial charge >= 0.3 is 33.8 Å². The standard InChI is InChI=1S/C29H35N7O2S.C3F6O4S/c1-34-25(9-5-6-14-30)20-36(33-34)24-12-13-26(27(19-24)38-18-17-35-16-15-31-29(35)37)28-32-23(21-39-28)11-10-22-7-3-2-4-8-22;4-2(5,6)1(10)13-14(11,12)3(7,8)9/h2-4,7-8,12-13,19-21H,5-6,9-11,14-18,30H2,1H3;/p+1. The lowest BCUT2D eigenvalue weighted by Crippen LogP contribution is -2.35. The van der Waals surface area contributed by atoms with Gasteiger partial charge in [-0.25, -0.2) is 14.6 Å². The number of urea groups is 1. The molecule has 1 fully saturated rings. The van der Waals surface area contributed by atoms with Crippen molar-refractivity contribution in [3.05, 3.63) is 77.1 Å². The molecule has 0 atom stereocenters. The summed E-state index contributed by atoms with van der Waals surface area (Å²) in [5.74, 6) is -2.71. The second kappa shape index (κ2) is 17.8. The summed E-state index contributed by atoms with van der Waals surface area (Å²) in [5.41, 5.74) is 4.98. The van der Waals surface area contributed by atoms with E-state index in [0.29, 0.717) is 32.8 Å². The maximum atomic E-state index is 12.0. The number of carbonyl (C=O) groups is 2. The number of benzene rings is 2. The van der Waals surface area contributed by atoms with Gasteiger partial charge in [0.15, 0.2) is 17.6 Å². The van der Waals surface area contributed by atoms with Crippen molar-refractivity contribution in [2.75, 3.05) is 32.8 Å². The Morgan fingerprint density at radius 3 is 2.43 bits per heavy atom. The minimum atomic E-state index is -6.55. The van der Waals surface area contributed by atoms with E-state index < -0.39 is 27.8 Å². The molecular weight excluding hydrogens is 757 g/mol. The second-order valence-electron chi connectivity index (χ2n) is 11.5. The number of rotatable bonds is 14. The number of nitrogens with zero attached hydrogens (tertiary/aromatic N) is 5. The third-order valence-corrected chi connectivity index (χ3v) is 9.46. The highest BCUT2D eigenvalue weighted by Crippen LogP contribution is 2.34. The fourth-order valence-electron chi connectivity index (χ4n) is 4.85. The molecule has 1 saturated heterocycles. The van der Waals surface area contributed by atoms with Crippen molar-refractivity contribution >= 4 is 33.5 Å². The van der Waals surface area contributed by atoms with Crippen LogP contribution in [0.5, 0.6) is 5.75 Å². The zero-order chi connectivity index (χ0) is 38.8. The topological polar surface area (TPSA) is 163 Å². The smallest absolute Gasteiger partial charge is 0.491 e. The highest BCUT2D eigenvalue weighted by atomic mass is 32.2. The lowest BCUT2D eigenvalue weighted by atomic mass is 10.1. The number of nitrogens with two attached hydrogens (primary N) is 1. The monoisotopic (exact) mass is 792 g/mol. The Morgan fingerprint density at radius 2 is 1.79 bits per heavy atom. The van der Waals surface area contributed by atoms with Crippen LogP contribution in [0.2, 0.25) is 0 Å². The summed E-state index contributed by atoms with van der Waals surface area (Å²) in [7, 11) is -4.58. The minimum absolute atomic E-state index is 0.0400. The van der Waals surface area contributed by atoms with Gasteiger partial charge < -0.3 is 24.9 Å². The summed E-state index contributed by atoms with van der Waals surface area (Å²) < 4.78 is 99.9. The van der Waals surface area contributed by atoms with Crippen molar-refractivity contribution in [1.29, 1.82) is 0 Å². The van der Waals surface area contributed by atoms with Gasteiger partial charge in [0.25, 0.3) is 0 Å². The lowest BCUT2D eigenvalue weighted by molar-refractivity contribution is -0.738. The number of halogens is 6. The fourth-order valence-corrected chi connectivity index (χ4v) is 6.12. The zero-order valence-electron chi connectivity index (χ0n) is 28.2. The molecule has 0 radical (unpaired) electrons. The predicted octanol–water partition coefficient (Wildman–Crippen LogP) is 4.23. The third kappa shape index (κ3) is 11.6. The summed E-state index contributed by atoms with van der Waals surface area (Å²) in [6.45, 7) is 2.99. The van der Waals surface area contributed by atoms with Crippen LogP contribution in [-0.2, 0) is 45.4 Å². The molecule has 2 aromatic heterocycles. The average molecular weight is 793 g/mol. The molecule has 1 aliphatic rings. The highest BCUT2D eigenvalue weighted by Gasteiger charge is 2.54. The Bertz CT molecular complexity index is 1950. The normalized spacial score (nSPS) is 13.4. The Hall–Kier alpha value is -4.76. The van der Waals surface area contributed by atoms with Crippen LogP contribution in [0.15, 0.2) is 60.1 Å². The molecular formula is C32H36F6N7O6S2+. The molecule has 21 heteroatoms. The van der Waals surface area contributed by atoms with Crippen LogP contribution in [-0.4, -0.2) is 84.7 Å². The summed E-state index contributed by atoms with van der Waals surface area (Å²) in [4.78, 5) is 28.4. The summed E-state index contributed by atoms with van der Waals surface area (Å²) in [6.07, 6.45) is 1.05. The van der Waals surface area contributed by atoms with Crippen molar-refractivity contribution in [3.63, 3.8) is 0 Å². The average Bonchev–Trinajstić information content (AvgIpc) is 3.84. The van der Waals surface area contributed by atoms with Crippen LogP contribution in [0, 0.1) is 0 Å². The second-order valence-corrected chi connectivity index (χ2v) is 13.9. The SMILES string of the molecule is C[n+]1nn(-c2ccc(-c3nc(CCc4ccccc4)cs3)c(OCCN3CCNC3=O)c2)cc1CCCCN.O=C(OS(=O)(=O)C(F)(F)F)C(F)(F)F. The number of hydrogen-bond acceptors (Lipinski definition) is 10. The van der Waals surface area contributed by atoms with E-state index in [9.17, 15) is 44.3 Å². The molecule has 288 valence electrons. The molecule has 0 aliphatic carbocycles. The van der Waals surface area contributed by atoms with Crippen LogP contribution >= 0.6 is 11.3 Å². The fraction of sp³-hybridized carbons (Fsp3) is 0.406. The van der Waals surface area contributed by atoms with Gasteiger partial charge in [0, 0.05) is 31.0 Å². The van der Waals surface area contributed by atoms with Gasteiger partial charge in [-0.05, 0) is 49.9 Å². The third-order valence-electron chi connectivity index (χ3n) is 7.59. The maximum absolute atomic E-state index is 12.0. The van der Waals surface area contributed by atoms with Gasteiger partial charge in [-0.15, -0.1) is 20.7 Å². The summed E-state index contributed by atoms with van der Waals surface area (Å²) in [6, 6.07) is 16.6. The van der Waals surface area contributed by atoms with Crippen molar-refractivity contribution in [2.24, 2.45) is 12.8 Å². The molecule has 0 spiro atoms. The molecule has 2 aromatic carbocycles. The molecule has 1 aliphatic heterocycles. The highest BCUT2D eigenvalue weighted by molar-refractivity contribution is 7.88. The molecule has 53 heavy (non-hydrogen) atoms. The van der Waals surface area contributed by atoms with E-state index in [1.54, 1.807) is 16.2 Å². The Morgan fingerprint density at radius 1 is 1.06 bits per heavy atom. The van der Waals surface area contributed by atoms with Crippen molar-refractivity contribution < 1.29 is 58.0 Å². The van der Waals surface area contributed by atoms with Gasteiger partial charge in [-0.2, -0.15) is 34.8 Å². The van der Waals surface area contributed by atoms with Crippen LogP contribution in [0.1, 0.15) is 29.8 Å². The van der Waals surface area contributed by atoms with E-state index in [2.05, 4.69) is 62.7 Å². The lowest BCUT2D eigenvalue weighted by Gasteiger charge is -2.16. The van der Waals surface area contributed by atoms with E-state index in [-0.39, 0.29) is 6.03 Å². The number of thiazole rings is 1. The molecule has 3 N–H and O–H groups in total. The Labute approximate surface area is 304 Å². The molecule has 0 unspecified atom stereocenters. The number of nitrogens with one attached hydrogen (secondary N) is 1. The molecule has 0 bridgehead atoms. The number of alkyl halides is 6. The van der Waals surface area contributed by atoms with Gasteiger partial charge in [0.1, 0.15) is 24.4 Å². The van der Waals surface area contributed by atoms with E-state index in [1.807, 2.05) is 28.5 Å². The van der Waals surface area contributed by atoms with E-state index in [4.69, 9.17) is 15.5 Å². The Kier molecular flexibility index (Phi) is 13.8. The first kappa shape index (κ1) is 41.0. The maximum Gasteiger partial charge on any atom is 0.534 e. The molecule has 0 saturated carbocycles. The van der Waals surface area contributed by atoms with Crippen LogP contribution in [0.25, 0.3) is 16.3 Å². The van der Waals surface area contributed by atoms with E-state index >= 15 is 0 Å². The van der Waals surface area contributed by atoms with Gasteiger partial charge in [-0.1, -0.05) is 30.3 Å². The van der Waals surface area contributed by atoms with Gasteiger partial charge in [-0.3, -0.25) is 0 Å². The molecule has 2 amide bonds. The van der Waals surface area contributed by atoms with Crippen molar-refractivity contribution in [3.8, 4) is 22.0 Å². The quantitative estimate of drug-likeness (QED) is 0.0626. The largest absolute Gasteiger partial charge is 0.534 e. The molecule has 5 rings (SSSR count). The minimum Gasteiger partial charge on any atom is -0.491 e. The van der Waals surface area contributed by atoms with Crippen LogP contribution in [0.4, 0.5) is 31.1 Å². The van der Waals surface area contributed by atoms with Crippen LogP contribution in [0.3, 0.4) is 0 Å². The molecule has 13 nitrogen and oxygen atoms in total. The van der Waals surface area contributed by atoms with E-state index in [1.165, 1.54) is 5.56 Å². The van der Waals surface area contributed by atoms with Crippen LogP contribution < -0.4 is 20.5 Å². The number of carbonyl (C=O) groups excluding carboxylic acids is 2. The molecule has 3 heterocycles. The molecule has 4 aromatic rings. The number of ether oxygens (including phenoxy) is 1. The Balaban J connectivity index is 0.000000381. The number of hydrogen-bond donors (Lipinski definition) is 2. The number of unbranched alkanes of at least 4 members (excludes halogenated alkanes) is 1. The van der Waals surface area contributed by atoms with Crippen molar-refractivity contribution in [1.82, 2.24) is 25.1 Å². The first-order valence-corrected chi connectivity index (χ1v) is 18.3. The predicted molar refractivity (Wildman–Crippen MR) is 179 cm³/mol. The number of aryl methyl sites for hydroxylation is 4. The first-order valence-electron chi connectivity index (χ1n) is 16.0. The van der Waals surface area contributed by atoms with E-state index in [0.717, 1.165) is 65.5 Å². The summed E-state index contributed by atoms with van der Waals surface area (Å²) >= 11 is 1.63. The number of amides is 2. The first-order chi connectivity index (χ1) is 25.0. The summed E-state index contributed by atoms with van der Waals surface area (Å²) in [5, 5.41) is 10.6. The van der Waals surface area contributed by atoms with Crippen molar-refractivity contribution in [2.45, 2.75) is 43.8 Å².